The van der Waals surface area contributed by atoms with Crippen molar-refractivity contribution in [2.75, 3.05) is 4.72 Å². The second kappa shape index (κ2) is 5.11. The predicted octanol–water partition coefficient (Wildman–Crippen LogP) is 3.15. The number of phenolic OH excluding ortho intramolecular Hbond substituents is 1. The number of hydrogen-bond acceptors (Lipinski definition) is 3. The number of anilines is 1. The SMILES string of the molecule is Cc1ccccc1S(=O)(=O)Nc1cc(Cl)ccc1O. The van der Waals surface area contributed by atoms with E-state index in [9.17, 15) is 13.5 Å². The third-order valence-corrected chi connectivity index (χ3v) is 4.35. The van der Waals surface area contributed by atoms with E-state index < -0.39 is 10.0 Å². The summed E-state index contributed by atoms with van der Waals surface area (Å²) in [5.41, 5.74) is 0.673. The molecule has 0 aliphatic carbocycles. The van der Waals surface area contributed by atoms with Crippen LogP contribution in [0, 0.1) is 6.92 Å². The monoisotopic (exact) mass is 297 g/mol. The van der Waals surface area contributed by atoms with Crippen molar-refractivity contribution in [3.63, 3.8) is 0 Å². The Hall–Kier alpha value is -1.72. The molecule has 0 aliphatic rings. The molecule has 0 aromatic heterocycles. The molecule has 0 spiro atoms. The zero-order valence-electron chi connectivity index (χ0n) is 10.1. The van der Waals surface area contributed by atoms with Gasteiger partial charge >= 0.3 is 0 Å². The van der Waals surface area contributed by atoms with Crippen LogP contribution in [0.3, 0.4) is 0 Å². The predicted molar refractivity (Wildman–Crippen MR) is 75.1 cm³/mol. The molecular weight excluding hydrogens is 286 g/mol. The zero-order chi connectivity index (χ0) is 14.0. The van der Waals surface area contributed by atoms with Gasteiger partial charge in [0.2, 0.25) is 0 Å². The van der Waals surface area contributed by atoms with E-state index in [1.807, 2.05) is 0 Å². The Morgan fingerprint density at radius 2 is 1.84 bits per heavy atom. The van der Waals surface area contributed by atoms with Gasteiger partial charge in [0.15, 0.2) is 0 Å². The summed E-state index contributed by atoms with van der Waals surface area (Å²) in [4.78, 5) is 0.161. The Balaban J connectivity index is 2.43. The summed E-state index contributed by atoms with van der Waals surface area (Å²) in [6.45, 7) is 1.70. The Labute approximate surface area is 116 Å². The first-order chi connectivity index (χ1) is 8.90. The number of aryl methyl sites for hydroxylation is 1. The van der Waals surface area contributed by atoms with Crippen molar-refractivity contribution in [3.8, 4) is 5.75 Å². The number of hydrogen-bond donors (Lipinski definition) is 2. The standard InChI is InChI=1S/C13H12ClNO3S/c1-9-4-2-3-5-13(9)19(17,18)15-11-8-10(14)6-7-12(11)16/h2-8,15-16H,1H3. The topological polar surface area (TPSA) is 66.4 Å². The Kier molecular flexibility index (Phi) is 3.68. The normalized spacial score (nSPS) is 11.3. The maximum absolute atomic E-state index is 12.2. The fourth-order valence-electron chi connectivity index (χ4n) is 1.65. The van der Waals surface area contributed by atoms with Gasteiger partial charge < -0.3 is 5.11 Å². The van der Waals surface area contributed by atoms with Crippen LogP contribution in [0.5, 0.6) is 5.75 Å². The average molecular weight is 298 g/mol. The van der Waals surface area contributed by atoms with Gasteiger partial charge in [-0.1, -0.05) is 29.8 Å². The van der Waals surface area contributed by atoms with Gasteiger partial charge in [0, 0.05) is 5.02 Å². The van der Waals surface area contributed by atoms with Crippen LogP contribution in [0.25, 0.3) is 0 Å². The van der Waals surface area contributed by atoms with Crippen LogP contribution in [-0.4, -0.2) is 13.5 Å². The van der Waals surface area contributed by atoms with Crippen LogP contribution < -0.4 is 4.72 Å². The summed E-state index contributed by atoms with van der Waals surface area (Å²) in [6, 6.07) is 10.8. The highest BCUT2D eigenvalue weighted by Crippen LogP contribution is 2.29. The van der Waals surface area contributed by atoms with Gasteiger partial charge in [-0.15, -0.1) is 0 Å². The number of rotatable bonds is 3. The molecule has 0 aliphatic heterocycles. The van der Waals surface area contributed by atoms with Gasteiger partial charge in [0.1, 0.15) is 5.75 Å². The molecule has 0 heterocycles. The van der Waals surface area contributed by atoms with E-state index in [1.54, 1.807) is 25.1 Å². The summed E-state index contributed by atoms with van der Waals surface area (Å²) in [6.07, 6.45) is 0. The quantitative estimate of drug-likeness (QED) is 0.855. The lowest BCUT2D eigenvalue weighted by atomic mass is 10.2. The van der Waals surface area contributed by atoms with Crippen LogP contribution in [0.4, 0.5) is 5.69 Å². The molecule has 0 amide bonds. The van der Waals surface area contributed by atoms with Crippen LogP contribution >= 0.6 is 11.6 Å². The summed E-state index contributed by atoms with van der Waals surface area (Å²) in [5.74, 6) is -0.179. The average Bonchev–Trinajstić information content (AvgIpc) is 2.34. The van der Waals surface area contributed by atoms with Gasteiger partial charge in [-0.25, -0.2) is 8.42 Å². The maximum Gasteiger partial charge on any atom is 0.262 e. The fourth-order valence-corrected chi connectivity index (χ4v) is 3.13. The van der Waals surface area contributed by atoms with Gasteiger partial charge in [0.25, 0.3) is 10.0 Å². The number of sulfonamides is 1. The van der Waals surface area contributed by atoms with Crippen molar-refractivity contribution < 1.29 is 13.5 Å². The van der Waals surface area contributed by atoms with Gasteiger partial charge in [-0.3, -0.25) is 4.72 Å². The van der Waals surface area contributed by atoms with Crippen molar-refractivity contribution in [2.45, 2.75) is 11.8 Å². The van der Waals surface area contributed by atoms with E-state index in [4.69, 9.17) is 11.6 Å². The first-order valence-electron chi connectivity index (χ1n) is 5.47. The van der Waals surface area contributed by atoms with E-state index in [2.05, 4.69) is 4.72 Å². The highest BCUT2D eigenvalue weighted by Gasteiger charge is 2.18. The molecule has 2 rings (SSSR count). The lowest BCUT2D eigenvalue weighted by molar-refractivity contribution is 0.477. The third-order valence-electron chi connectivity index (χ3n) is 2.59. The molecule has 2 N–H and O–H groups in total. The molecule has 0 bridgehead atoms. The van der Waals surface area contributed by atoms with E-state index in [0.717, 1.165) is 0 Å². The lowest BCUT2D eigenvalue weighted by Gasteiger charge is -2.11. The second-order valence-electron chi connectivity index (χ2n) is 4.03. The smallest absolute Gasteiger partial charge is 0.262 e. The molecule has 2 aromatic carbocycles. The number of aromatic hydroxyl groups is 1. The third kappa shape index (κ3) is 3.00. The molecule has 0 saturated carbocycles. The molecule has 2 aromatic rings. The van der Waals surface area contributed by atoms with Crippen LogP contribution in [0.1, 0.15) is 5.56 Å². The van der Waals surface area contributed by atoms with Gasteiger partial charge in [0.05, 0.1) is 10.6 Å². The summed E-state index contributed by atoms with van der Waals surface area (Å²) in [7, 11) is -3.75. The number of halogens is 1. The maximum atomic E-state index is 12.2. The summed E-state index contributed by atoms with van der Waals surface area (Å²) in [5, 5.41) is 9.96. The number of phenols is 1. The minimum Gasteiger partial charge on any atom is -0.506 e. The van der Waals surface area contributed by atoms with E-state index in [-0.39, 0.29) is 16.3 Å². The van der Waals surface area contributed by atoms with E-state index in [1.165, 1.54) is 24.3 Å². The van der Waals surface area contributed by atoms with Crippen LogP contribution in [-0.2, 0) is 10.0 Å². The second-order valence-corrected chi connectivity index (χ2v) is 6.12. The number of benzene rings is 2. The highest BCUT2D eigenvalue weighted by atomic mass is 35.5. The van der Waals surface area contributed by atoms with E-state index >= 15 is 0 Å². The largest absolute Gasteiger partial charge is 0.506 e. The van der Waals surface area contributed by atoms with Crippen LogP contribution in [0.15, 0.2) is 47.4 Å². The van der Waals surface area contributed by atoms with Crippen molar-refractivity contribution in [2.24, 2.45) is 0 Å². The number of nitrogens with one attached hydrogen (secondary N) is 1. The first-order valence-corrected chi connectivity index (χ1v) is 7.33. The first kappa shape index (κ1) is 13.7. The Bertz CT molecular complexity index is 714. The van der Waals surface area contributed by atoms with Gasteiger partial charge in [-0.2, -0.15) is 0 Å². The minimum atomic E-state index is -3.75. The molecule has 19 heavy (non-hydrogen) atoms. The van der Waals surface area contributed by atoms with Crippen molar-refractivity contribution >= 4 is 27.3 Å². The molecule has 0 fully saturated rings. The lowest BCUT2D eigenvalue weighted by Crippen LogP contribution is -2.14. The molecule has 0 atom stereocenters. The summed E-state index contributed by atoms with van der Waals surface area (Å²) >= 11 is 5.78. The van der Waals surface area contributed by atoms with E-state index in [0.29, 0.717) is 10.6 Å². The highest BCUT2D eigenvalue weighted by molar-refractivity contribution is 7.92. The molecule has 6 heteroatoms. The van der Waals surface area contributed by atoms with Crippen LogP contribution in [0.2, 0.25) is 5.02 Å². The Morgan fingerprint density at radius 1 is 1.16 bits per heavy atom. The molecular formula is C13H12ClNO3S. The fraction of sp³-hybridized carbons (Fsp3) is 0.0769. The van der Waals surface area contributed by atoms with Crippen molar-refractivity contribution in [1.82, 2.24) is 0 Å². The molecule has 0 radical (unpaired) electrons. The molecule has 4 nitrogen and oxygen atoms in total. The molecule has 0 saturated heterocycles. The van der Waals surface area contributed by atoms with Crippen molar-refractivity contribution in [1.29, 1.82) is 0 Å². The molecule has 100 valence electrons. The Morgan fingerprint density at radius 3 is 2.53 bits per heavy atom. The summed E-state index contributed by atoms with van der Waals surface area (Å²) < 4.78 is 26.8. The zero-order valence-corrected chi connectivity index (χ0v) is 11.7. The molecule has 0 unspecified atom stereocenters. The van der Waals surface area contributed by atoms with Crippen molar-refractivity contribution in [3.05, 3.63) is 53.1 Å². The van der Waals surface area contributed by atoms with Gasteiger partial charge in [-0.05, 0) is 36.8 Å². The minimum absolute atomic E-state index is 0.0516.